The van der Waals surface area contributed by atoms with Gasteiger partial charge in [-0.1, -0.05) is 41.9 Å². The Bertz CT molecular complexity index is 326. The summed E-state index contributed by atoms with van der Waals surface area (Å²) in [5, 5.41) is 0.762. The summed E-state index contributed by atoms with van der Waals surface area (Å²) in [5.41, 5.74) is 0.874. The third-order valence-electron chi connectivity index (χ3n) is 2.17. The van der Waals surface area contributed by atoms with Crippen molar-refractivity contribution in [3.05, 3.63) is 29.8 Å². The summed E-state index contributed by atoms with van der Waals surface area (Å²) in [6.45, 7) is 1.29. The van der Waals surface area contributed by atoms with Crippen LogP contribution in [0.1, 0.15) is 19.4 Å². The molecule has 0 aliphatic carbocycles. The van der Waals surface area contributed by atoms with Gasteiger partial charge in [0.1, 0.15) is 5.75 Å². The van der Waals surface area contributed by atoms with E-state index in [2.05, 4.69) is 20.7 Å². The van der Waals surface area contributed by atoms with Crippen LogP contribution in [0.5, 0.6) is 5.75 Å². The Morgan fingerprint density at radius 3 is 2.60 bits per heavy atom. The van der Waals surface area contributed by atoms with Crippen LogP contribution in [0.2, 0.25) is 0 Å². The van der Waals surface area contributed by atoms with Crippen molar-refractivity contribution < 1.29 is 13.5 Å². The monoisotopic (exact) mass is 278 g/mol. The summed E-state index contributed by atoms with van der Waals surface area (Å²) in [5.74, 6) is 0.205. The number of hydrogen-bond acceptors (Lipinski definition) is 1. The minimum atomic E-state index is -2.77. The zero-order valence-corrected chi connectivity index (χ0v) is 10.2. The van der Waals surface area contributed by atoms with Crippen molar-refractivity contribution in [3.63, 3.8) is 0 Å². The van der Waals surface area contributed by atoms with Gasteiger partial charge in [-0.25, -0.2) is 0 Å². The number of ether oxygens (including phenoxy) is 1. The number of benzene rings is 1. The zero-order valence-electron chi connectivity index (χ0n) is 8.64. The average molecular weight is 279 g/mol. The summed E-state index contributed by atoms with van der Waals surface area (Å²) < 4.78 is 28.3. The van der Waals surface area contributed by atoms with Crippen molar-refractivity contribution in [2.75, 3.05) is 5.33 Å². The average Bonchev–Trinajstić information content (AvgIpc) is 2.17. The molecule has 0 radical (unpaired) electrons. The Hall–Kier alpha value is -0.640. The molecule has 0 spiro atoms. The molecular weight excluding hydrogens is 266 g/mol. The molecule has 1 rings (SSSR count). The lowest BCUT2D eigenvalue weighted by Gasteiger charge is -2.22. The van der Waals surface area contributed by atoms with Gasteiger partial charge >= 0.3 is 6.61 Å². The van der Waals surface area contributed by atoms with Crippen LogP contribution in [0.25, 0.3) is 0 Å². The third kappa shape index (κ3) is 3.45. The van der Waals surface area contributed by atoms with Crippen molar-refractivity contribution in [1.29, 1.82) is 0 Å². The van der Waals surface area contributed by atoms with Crippen molar-refractivity contribution in [1.82, 2.24) is 0 Å². The fourth-order valence-corrected chi connectivity index (χ4v) is 1.49. The van der Waals surface area contributed by atoms with Gasteiger partial charge in [0.2, 0.25) is 0 Å². The van der Waals surface area contributed by atoms with Gasteiger partial charge in [-0.2, -0.15) is 8.78 Å². The van der Waals surface area contributed by atoms with Crippen LogP contribution >= 0.6 is 15.9 Å². The fraction of sp³-hybridized carbons (Fsp3) is 0.455. The van der Waals surface area contributed by atoms with Crippen LogP contribution < -0.4 is 4.74 Å². The molecule has 0 heterocycles. The van der Waals surface area contributed by atoms with Crippen LogP contribution in [-0.4, -0.2) is 11.9 Å². The summed E-state index contributed by atoms with van der Waals surface area (Å²) in [6, 6.07) is 6.80. The number of rotatable bonds is 4. The molecule has 1 nitrogen and oxygen atoms in total. The molecule has 0 amide bonds. The van der Waals surface area contributed by atoms with Gasteiger partial charge in [0.05, 0.1) is 0 Å². The maximum absolute atomic E-state index is 12.0. The van der Waals surface area contributed by atoms with Gasteiger partial charge in [0, 0.05) is 5.33 Å². The summed E-state index contributed by atoms with van der Waals surface area (Å²) in [7, 11) is 0. The maximum atomic E-state index is 12.0. The van der Waals surface area contributed by atoms with Crippen molar-refractivity contribution >= 4 is 15.9 Å². The van der Waals surface area contributed by atoms with Crippen LogP contribution in [0.4, 0.5) is 8.78 Å². The zero-order chi connectivity index (χ0) is 11.5. The second-order valence-electron chi connectivity index (χ2n) is 3.92. The van der Waals surface area contributed by atoms with E-state index < -0.39 is 6.61 Å². The second-order valence-corrected chi connectivity index (χ2v) is 4.48. The largest absolute Gasteiger partial charge is 0.435 e. The SMILES string of the molecule is CC(C)(CBr)c1cccc(OC(F)F)c1. The van der Waals surface area contributed by atoms with Crippen LogP contribution in [0.3, 0.4) is 0 Å². The Labute approximate surface area is 96.6 Å². The van der Waals surface area contributed by atoms with Gasteiger partial charge in [-0.15, -0.1) is 0 Å². The first-order valence-corrected chi connectivity index (χ1v) is 5.69. The van der Waals surface area contributed by atoms with Gasteiger partial charge in [-0.05, 0) is 23.1 Å². The molecule has 1 aromatic carbocycles. The molecule has 0 bridgehead atoms. The molecule has 84 valence electrons. The molecule has 1 aromatic rings. The second kappa shape index (κ2) is 4.92. The Morgan fingerprint density at radius 1 is 1.40 bits per heavy atom. The number of alkyl halides is 3. The highest BCUT2D eigenvalue weighted by molar-refractivity contribution is 9.09. The Morgan fingerprint density at radius 2 is 2.07 bits per heavy atom. The molecule has 0 aliphatic heterocycles. The Balaban J connectivity index is 2.92. The predicted octanol–water partition coefficient (Wildman–Crippen LogP) is 3.96. The number of hydrogen-bond donors (Lipinski definition) is 0. The van der Waals surface area contributed by atoms with Crippen LogP contribution in [0, 0.1) is 0 Å². The minimum Gasteiger partial charge on any atom is -0.435 e. The normalized spacial score (nSPS) is 11.9. The van der Waals surface area contributed by atoms with E-state index in [1.54, 1.807) is 12.1 Å². The maximum Gasteiger partial charge on any atom is 0.387 e. The molecule has 0 aromatic heterocycles. The van der Waals surface area contributed by atoms with Gasteiger partial charge < -0.3 is 4.74 Å². The lowest BCUT2D eigenvalue weighted by Crippen LogP contribution is -2.18. The van der Waals surface area contributed by atoms with E-state index >= 15 is 0 Å². The van der Waals surface area contributed by atoms with E-state index in [4.69, 9.17) is 0 Å². The fourth-order valence-electron chi connectivity index (χ4n) is 1.17. The van der Waals surface area contributed by atoms with Gasteiger partial charge in [0.15, 0.2) is 0 Å². The van der Waals surface area contributed by atoms with Crippen LogP contribution in [0.15, 0.2) is 24.3 Å². The third-order valence-corrected chi connectivity index (χ3v) is 3.58. The van der Waals surface area contributed by atoms with E-state index in [0.717, 1.165) is 10.9 Å². The molecule has 15 heavy (non-hydrogen) atoms. The highest BCUT2D eigenvalue weighted by Gasteiger charge is 2.19. The summed E-state index contributed by atoms with van der Waals surface area (Å²) in [4.78, 5) is 0. The lowest BCUT2D eigenvalue weighted by atomic mass is 9.87. The molecular formula is C11H13BrF2O. The molecule has 0 saturated carbocycles. The highest BCUT2D eigenvalue weighted by atomic mass is 79.9. The molecule has 0 saturated heterocycles. The summed E-state index contributed by atoms with van der Waals surface area (Å²) in [6.07, 6.45) is 0. The minimum absolute atomic E-state index is 0.0957. The van der Waals surface area contributed by atoms with E-state index in [1.165, 1.54) is 6.07 Å². The predicted molar refractivity (Wildman–Crippen MR) is 59.9 cm³/mol. The van der Waals surface area contributed by atoms with Gasteiger partial charge in [0.25, 0.3) is 0 Å². The molecule has 0 fully saturated rings. The molecule has 0 unspecified atom stereocenters. The molecule has 0 aliphatic rings. The standard InChI is InChI=1S/C11H13BrF2O/c1-11(2,7-12)8-4-3-5-9(6-8)15-10(13)14/h3-6,10H,7H2,1-2H3. The molecule has 4 heteroatoms. The van der Waals surface area contributed by atoms with E-state index in [0.29, 0.717) is 0 Å². The Kier molecular flexibility index (Phi) is 4.08. The van der Waals surface area contributed by atoms with Crippen LogP contribution in [-0.2, 0) is 5.41 Å². The smallest absolute Gasteiger partial charge is 0.387 e. The topological polar surface area (TPSA) is 9.23 Å². The molecule has 0 atom stereocenters. The lowest BCUT2D eigenvalue weighted by molar-refractivity contribution is -0.0499. The quantitative estimate of drug-likeness (QED) is 0.758. The first-order chi connectivity index (χ1) is 6.95. The van der Waals surface area contributed by atoms with Crippen molar-refractivity contribution in [2.24, 2.45) is 0 Å². The molecule has 0 N–H and O–H groups in total. The van der Waals surface area contributed by atoms with Gasteiger partial charge in [-0.3, -0.25) is 0 Å². The van der Waals surface area contributed by atoms with E-state index in [9.17, 15) is 8.78 Å². The van der Waals surface area contributed by atoms with E-state index in [-0.39, 0.29) is 11.2 Å². The number of halogens is 3. The van der Waals surface area contributed by atoms with E-state index in [1.807, 2.05) is 19.9 Å². The first kappa shape index (κ1) is 12.4. The van der Waals surface area contributed by atoms with Crippen molar-refractivity contribution in [3.8, 4) is 5.75 Å². The highest BCUT2D eigenvalue weighted by Crippen LogP contribution is 2.28. The first-order valence-electron chi connectivity index (χ1n) is 4.57. The summed E-state index contributed by atoms with van der Waals surface area (Å²) >= 11 is 3.39. The van der Waals surface area contributed by atoms with Crippen molar-refractivity contribution in [2.45, 2.75) is 25.9 Å².